The molecular formula is C23H24FN5O2S. The number of nitrogens with zero attached hydrogens (tertiary/aromatic N) is 4. The number of aryl methyl sites for hydroxylation is 1. The summed E-state index contributed by atoms with van der Waals surface area (Å²) in [5.74, 6) is -0.231. The highest BCUT2D eigenvalue weighted by molar-refractivity contribution is 7.89. The molecule has 1 aliphatic heterocycles. The van der Waals surface area contributed by atoms with E-state index in [4.69, 9.17) is 4.98 Å². The largest absolute Gasteiger partial charge is 0.346 e. The molecule has 1 fully saturated rings. The summed E-state index contributed by atoms with van der Waals surface area (Å²) < 4.78 is 43.7. The van der Waals surface area contributed by atoms with Crippen LogP contribution in [0.25, 0.3) is 22.3 Å². The first-order valence-corrected chi connectivity index (χ1v) is 12.0. The van der Waals surface area contributed by atoms with Gasteiger partial charge in [0.2, 0.25) is 10.0 Å². The second-order valence-corrected chi connectivity index (χ2v) is 10.4. The van der Waals surface area contributed by atoms with Crippen LogP contribution in [-0.2, 0) is 16.6 Å². The van der Waals surface area contributed by atoms with Gasteiger partial charge in [0.05, 0.1) is 27.8 Å². The van der Waals surface area contributed by atoms with Crippen molar-refractivity contribution in [1.29, 1.82) is 0 Å². The Hall–Kier alpha value is -3.04. The Morgan fingerprint density at radius 3 is 2.81 bits per heavy atom. The number of nitrogens with one attached hydrogen (secondary N) is 1. The van der Waals surface area contributed by atoms with Crippen LogP contribution in [0.3, 0.4) is 0 Å². The molecule has 0 aliphatic carbocycles. The fourth-order valence-electron chi connectivity index (χ4n) is 4.55. The summed E-state index contributed by atoms with van der Waals surface area (Å²) in [6.45, 7) is 4.64. The number of pyridine rings is 1. The zero-order chi connectivity index (χ0) is 22.5. The Balaban J connectivity index is 1.36. The highest BCUT2D eigenvalue weighted by Gasteiger charge is 2.38. The molecule has 32 heavy (non-hydrogen) atoms. The van der Waals surface area contributed by atoms with Crippen molar-refractivity contribution in [1.82, 2.24) is 24.1 Å². The fraction of sp³-hybridized carbons (Fsp3) is 0.304. The molecule has 1 unspecified atom stereocenters. The number of rotatable bonds is 5. The van der Waals surface area contributed by atoms with E-state index in [0.29, 0.717) is 18.7 Å². The number of H-pyrrole nitrogens is 1. The van der Waals surface area contributed by atoms with Gasteiger partial charge < -0.3 is 4.57 Å². The minimum atomic E-state index is -3.68. The Labute approximate surface area is 185 Å². The van der Waals surface area contributed by atoms with Gasteiger partial charge >= 0.3 is 0 Å². The summed E-state index contributed by atoms with van der Waals surface area (Å²) in [5, 5.41) is 6.77. The second kappa shape index (κ2) is 7.83. The number of aromatic nitrogens is 4. The lowest BCUT2D eigenvalue weighted by molar-refractivity contribution is 0.399. The van der Waals surface area contributed by atoms with E-state index in [1.807, 2.05) is 37.5 Å². The van der Waals surface area contributed by atoms with Crippen molar-refractivity contribution in [3.63, 3.8) is 0 Å². The molecule has 0 amide bonds. The van der Waals surface area contributed by atoms with Crippen LogP contribution in [0.5, 0.6) is 0 Å². The highest BCUT2D eigenvalue weighted by Crippen LogP contribution is 2.32. The topological polar surface area (TPSA) is 83.9 Å². The SMILES string of the molecule is Cc1cc(S(=O)(=O)N2CC(Cn3ccc4nc(-c5cn[nH]c5)ccc43)C[C@@H]2C)ccc1F. The molecule has 4 heterocycles. The molecule has 0 saturated carbocycles. The van der Waals surface area contributed by atoms with Crippen LogP contribution in [0.4, 0.5) is 4.39 Å². The van der Waals surface area contributed by atoms with E-state index < -0.39 is 15.8 Å². The summed E-state index contributed by atoms with van der Waals surface area (Å²) in [7, 11) is -3.68. The molecule has 0 spiro atoms. The van der Waals surface area contributed by atoms with Crippen molar-refractivity contribution in [2.45, 2.75) is 37.8 Å². The molecule has 4 aromatic rings. The van der Waals surface area contributed by atoms with E-state index in [2.05, 4.69) is 14.8 Å². The lowest BCUT2D eigenvalue weighted by Gasteiger charge is -2.21. The molecule has 1 aromatic carbocycles. The smallest absolute Gasteiger partial charge is 0.243 e. The molecule has 2 atom stereocenters. The summed E-state index contributed by atoms with van der Waals surface area (Å²) in [4.78, 5) is 4.86. The average Bonchev–Trinajstić information content (AvgIpc) is 3.50. The van der Waals surface area contributed by atoms with Gasteiger partial charge in [-0.05, 0) is 68.1 Å². The molecule has 1 saturated heterocycles. The van der Waals surface area contributed by atoms with Crippen LogP contribution in [0.1, 0.15) is 18.9 Å². The molecule has 7 nitrogen and oxygen atoms in total. The average molecular weight is 454 g/mol. The minimum Gasteiger partial charge on any atom is -0.346 e. The summed E-state index contributed by atoms with van der Waals surface area (Å²) in [5.41, 5.74) is 4.02. The van der Waals surface area contributed by atoms with Crippen molar-refractivity contribution < 1.29 is 12.8 Å². The van der Waals surface area contributed by atoms with Crippen molar-refractivity contribution in [3.05, 3.63) is 66.4 Å². The van der Waals surface area contributed by atoms with Gasteiger partial charge in [-0.2, -0.15) is 9.40 Å². The van der Waals surface area contributed by atoms with Gasteiger partial charge in [-0.3, -0.25) is 5.10 Å². The lowest BCUT2D eigenvalue weighted by Crippen LogP contribution is -2.34. The van der Waals surface area contributed by atoms with Crippen LogP contribution in [0.15, 0.2) is 59.9 Å². The van der Waals surface area contributed by atoms with Gasteiger partial charge in [0.1, 0.15) is 5.82 Å². The van der Waals surface area contributed by atoms with Gasteiger partial charge in [0.25, 0.3) is 0 Å². The molecule has 1 N–H and O–H groups in total. The maximum atomic E-state index is 13.6. The Morgan fingerprint density at radius 2 is 2.06 bits per heavy atom. The number of halogens is 1. The molecule has 3 aromatic heterocycles. The van der Waals surface area contributed by atoms with E-state index in [9.17, 15) is 12.8 Å². The standard InChI is InChI=1S/C23H24FN5O2S/c1-15-9-19(3-4-20(15)24)32(30,31)29-14-17(10-16(29)2)13-28-8-7-22-23(28)6-5-21(27-22)18-11-25-26-12-18/h3-9,11-12,16-17H,10,13-14H2,1-2H3,(H,25,26)/t16-,17?/m0/s1. The van der Waals surface area contributed by atoms with Crippen LogP contribution in [-0.4, -0.2) is 45.1 Å². The third kappa shape index (κ3) is 3.61. The third-order valence-corrected chi connectivity index (χ3v) is 8.19. The number of hydrogen-bond acceptors (Lipinski definition) is 4. The second-order valence-electron chi connectivity index (χ2n) is 8.49. The number of aromatic amines is 1. The van der Waals surface area contributed by atoms with E-state index in [1.165, 1.54) is 18.2 Å². The molecular weight excluding hydrogens is 429 g/mol. The van der Waals surface area contributed by atoms with Crippen molar-refractivity contribution >= 4 is 21.1 Å². The molecule has 5 rings (SSSR count). The number of fused-ring (bicyclic) bond motifs is 1. The van der Waals surface area contributed by atoms with Crippen LogP contribution in [0, 0.1) is 18.7 Å². The maximum Gasteiger partial charge on any atom is 0.243 e. The number of benzene rings is 1. The van der Waals surface area contributed by atoms with Crippen molar-refractivity contribution in [3.8, 4) is 11.3 Å². The monoisotopic (exact) mass is 453 g/mol. The lowest BCUT2D eigenvalue weighted by atomic mass is 10.1. The van der Waals surface area contributed by atoms with Gasteiger partial charge in [0.15, 0.2) is 0 Å². The van der Waals surface area contributed by atoms with E-state index >= 15 is 0 Å². The maximum absolute atomic E-state index is 13.6. The zero-order valence-electron chi connectivity index (χ0n) is 17.9. The predicted molar refractivity (Wildman–Crippen MR) is 120 cm³/mol. The normalized spacial score (nSPS) is 19.7. The first-order valence-electron chi connectivity index (χ1n) is 10.6. The van der Waals surface area contributed by atoms with Crippen LogP contribution < -0.4 is 0 Å². The molecule has 1 aliphatic rings. The predicted octanol–water partition coefficient (Wildman–Crippen LogP) is 3.97. The van der Waals surface area contributed by atoms with E-state index in [1.54, 1.807) is 17.4 Å². The van der Waals surface area contributed by atoms with Gasteiger partial charge in [-0.15, -0.1) is 0 Å². The Bertz CT molecular complexity index is 1380. The minimum absolute atomic E-state index is 0.122. The number of sulfonamides is 1. The van der Waals surface area contributed by atoms with Crippen molar-refractivity contribution in [2.24, 2.45) is 5.92 Å². The van der Waals surface area contributed by atoms with Gasteiger partial charge in [-0.1, -0.05) is 0 Å². The summed E-state index contributed by atoms with van der Waals surface area (Å²) in [6, 6.07) is 9.84. The summed E-state index contributed by atoms with van der Waals surface area (Å²) in [6.07, 6.45) is 6.31. The number of hydrogen-bond donors (Lipinski definition) is 1. The highest BCUT2D eigenvalue weighted by atomic mass is 32.2. The van der Waals surface area contributed by atoms with Gasteiger partial charge in [-0.25, -0.2) is 17.8 Å². The van der Waals surface area contributed by atoms with E-state index in [0.717, 1.165) is 28.7 Å². The van der Waals surface area contributed by atoms with E-state index in [-0.39, 0.29) is 16.9 Å². The third-order valence-electron chi connectivity index (χ3n) is 6.21. The van der Waals surface area contributed by atoms with Crippen LogP contribution >= 0.6 is 0 Å². The fourth-order valence-corrected chi connectivity index (χ4v) is 6.36. The molecule has 9 heteroatoms. The zero-order valence-corrected chi connectivity index (χ0v) is 18.7. The summed E-state index contributed by atoms with van der Waals surface area (Å²) >= 11 is 0. The first kappa shape index (κ1) is 20.8. The first-order chi connectivity index (χ1) is 15.3. The quantitative estimate of drug-likeness (QED) is 0.496. The van der Waals surface area contributed by atoms with Crippen LogP contribution in [0.2, 0.25) is 0 Å². The Morgan fingerprint density at radius 1 is 1.22 bits per heavy atom. The Kier molecular flexibility index (Phi) is 5.10. The van der Waals surface area contributed by atoms with Gasteiger partial charge in [0, 0.05) is 37.1 Å². The molecule has 0 bridgehead atoms. The molecule has 166 valence electrons. The van der Waals surface area contributed by atoms with Crippen molar-refractivity contribution in [2.75, 3.05) is 6.54 Å². The molecule has 0 radical (unpaired) electrons.